The molecule has 0 saturated heterocycles. The number of ketones is 1. The molecule has 1 aromatic carbocycles. The first-order valence-corrected chi connectivity index (χ1v) is 22.7. The number of hydrogen-bond acceptors (Lipinski definition) is 8. The molecule has 59 heavy (non-hydrogen) atoms. The van der Waals surface area contributed by atoms with Crippen LogP contribution in [0.1, 0.15) is 139 Å². The minimum absolute atomic E-state index is 0.0150. The van der Waals surface area contributed by atoms with Crippen molar-refractivity contribution in [3.63, 3.8) is 0 Å². The fourth-order valence-electron chi connectivity index (χ4n) is 14.1. The van der Waals surface area contributed by atoms with E-state index in [1.54, 1.807) is 13.8 Å². The molecule has 4 fully saturated rings. The molecule has 5 aliphatic carbocycles. The highest BCUT2D eigenvalue weighted by atomic mass is 16.5. The van der Waals surface area contributed by atoms with Gasteiger partial charge in [0.2, 0.25) is 0 Å². The van der Waals surface area contributed by atoms with E-state index in [-0.39, 0.29) is 57.8 Å². The number of Topliss-reactive ketones (excluding diaryl/α,β-unsaturated/α-hetero) is 1. The Morgan fingerprint density at radius 2 is 1.56 bits per heavy atom. The zero-order chi connectivity index (χ0) is 43.5. The van der Waals surface area contributed by atoms with Crippen LogP contribution in [0, 0.1) is 56.2 Å². The van der Waals surface area contributed by atoms with Gasteiger partial charge < -0.3 is 19.5 Å². The largest absolute Gasteiger partial charge is 0.481 e. The summed E-state index contributed by atoms with van der Waals surface area (Å²) in [5.74, 6) is -0.368. The van der Waals surface area contributed by atoms with Gasteiger partial charge in [-0.2, -0.15) is 0 Å². The van der Waals surface area contributed by atoms with E-state index >= 15 is 0 Å². The third-order valence-corrected chi connectivity index (χ3v) is 17.3. The van der Waals surface area contributed by atoms with Crippen molar-refractivity contribution in [2.24, 2.45) is 56.2 Å². The maximum atomic E-state index is 14.6. The van der Waals surface area contributed by atoms with Gasteiger partial charge in [-0.05, 0) is 136 Å². The van der Waals surface area contributed by atoms with E-state index in [1.165, 1.54) is 18.1 Å². The molecule has 0 aromatic heterocycles. The van der Waals surface area contributed by atoms with E-state index < -0.39 is 28.9 Å². The summed E-state index contributed by atoms with van der Waals surface area (Å²) in [7, 11) is 4.18. The average molecular weight is 817 g/mol. The van der Waals surface area contributed by atoms with Crippen molar-refractivity contribution in [1.82, 2.24) is 9.80 Å². The Labute approximate surface area is 355 Å². The maximum Gasteiger partial charge on any atom is 0.309 e. The molecule has 0 heterocycles. The molecular formula is C50H76N2O7. The first-order chi connectivity index (χ1) is 27.4. The number of nitrogens with zero attached hydrogens (tertiary/aromatic N) is 2. The third kappa shape index (κ3) is 7.98. The summed E-state index contributed by atoms with van der Waals surface area (Å²) in [6, 6.07) is 10.5. The van der Waals surface area contributed by atoms with Crippen molar-refractivity contribution in [1.29, 1.82) is 0 Å². The molecule has 0 radical (unpaired) electrons. The van der Waals surface area contributed by atoms with Crippen LogP contribution in [0.3, 0.4) is 0 Å². The lowest BCUT2D eigenvalue weighted by Gasteiger charge is -2.72. The normalized spacial score (nSPS) is 34.5. The smallest absolute Gasteiger partial charge is 0.309 e. The summed E-state index contributed by atoms with van der Waals surface area (Å²) in [5, 5.41) is 9.67. The van der Waals surface area contributed by atoms with E-state index in [1.807, 2.05) is 6.07 Å². The zero-order valence-corrected chi connectivity index (χ0v) is 38.5. The molecule has 9 heteroatoms. The number of carbonyl (C=O) groups excluding carboxylic acids is 3. The number of aliphatic carboxylic acids is 1. The van der Waals surface area contributed by atoms with Gasteiger partial charge in [0.15, 0.2) is 5.78 Å². The number of esters is 2. The van der Waals surface area contributed by atoms with Crippen LogP contribution < -0.4 is 0 Å². The number of benzene rings is 1. The van der Waals surface area contributed by atoms with Crippen molar-refractivity contribution < 1.29 is 33.8 Å². The van der Waals surface area contributed by atoms with Crippen molar-refractivity contribution in [3.8, 4) is 0 Å². The van der Waals surface area contributed by atoms with E-state index in [9.17, 15) is 24.3 Å². The van der Waals surface area contributed by atoms with Gasteiger partial charge in [0.05, 0.1) is 11.8 Å². The van der Waals surface area contributed by atoms with Gasteiger partial charge in [0.1, 0.15) is 12.2 Å². The molecule has 0 spiro atoms. The van der Waals surface area contributed by atoms with Gasteiger partial charge in [0.25, 0.3) is 0 Å². The van der Waals surface area contributed by atoms with Gasteiger partial charge in [-0.3, -0.25) is 24.1 Å². The van der Waals surface area contributed by atoms with E-state index in [2.05, 4.69) is 96.6 Å². The van der Waals surface area contributed by atoms with Crippen LogP contribution in [-0.2, 0) is 35.2 Å². The molecule has 0 bridgehead atoms. The number of carboxylic acids is 1. The van der Waals surface area contributed by atoms with Crippen LogP contribution >= 0.6 is 0 Å². The maximum absolute atomic E-state index is 14.6. The third-order valence-electron chi connectivity index (χ3n) is 17.3. The van der Waals surface area contributed by atoms with E-state index in [0.717, 1.165) is 76.6 Å². The monoisotopic (exact) mass is 817 g/mol. The molecule has 1 aromatic rings. The number of ether oxygens (including phenoxy) is 2. The number of likely N-dealkylation sites (N-methyl/N-ethyl adjacent to an activating group) is 1. The summed E-state index contributed by atoms with van der Waals surface area (Å²) in [6.45, 7) is 24.2. The molecule has 6 rings (SSSR count). The van der Waals surface area contributed by atoms with Gasteiger partial charge in [-0.15, -0.1) is 0 Å². The number of allylic oxidation sites excluding steroid dienone is 1. The average Bonchev–Trinajstić information content (AvgIpc) is 3.45. The number of hydrogen-bond donors (Lipinski definition) is 1. The van der Waals surface area contributed by atoms with Crippen molar-refractivity contribution in [2.45, 2.75) is 152 Å². The second-order valence-corrected chi connectivity index (χ2v) is 22.2. The van der Waals surface area contributed by atoms with E-state index in [0.29, 0.717) is 24.8 Å². The quantitative estimate of drug-likeness (QED) is 0.184. The van der Waals surface area contributed by atoms with Crippen molar-refractivity contribution in [2.75, 3.05) is 33.7 Å². The molecular weight excluding hydrogens is 741 g/mol. The Bertz CT molecular complexity index is 1800. The van der Waals surface area contributed by atoms with Crippen LogP contribution in [0.2, 0.25) is 0 Å². The predicted molar refractivity (Wildman–Crippen MR) is 231 cm³/mol. The Balaban J connectivity index is 1.33. The number of rotatable bonds is 14. The molecule has 4 saturated carbocycles. The van der Waals surface area contributed by atoms with Crippen molar-refractivity contribution >= 4 is 23.7 Å². The van der Waals surface area contributed by atoms with Crippen LogP contribution in [-0.4, -0.2) is 84.5 Å². The number of carbonyl (C=O) groups is 4. The highest BCUT2D eigenvalue weighted by Gasteiger charge is 2.71. The first kappa shape index (κ1) is 45.5. The van der Waals surface area contributed by atoms with Crippen LogP contribution in [0.4, 0.5) is 0 Å². The number of fused-ring (bicyclic) bond motifs is 7. The lowest BCUT2D eigenvalue weighted by Crippen LogP contribution is -2.66. The summed E-state index contributed by atoms with van der Waals surface area (Å²) in [6.07, 6.45) is 7.26. The van der Waals surface area contributed by atoms with Crippen molar-refractivity contribution in [3.05, 3.63) is 47.0 Å². The fourth-order valence-corrected chi connectivity index (χ4v) is 14.1. The van der Waals surface area contributed by atoms with Gasteiger partial charge in [0, 0.05) is 50.4 Å². The minimum atomic E-state index is -1.18. The molecule has 0 amide bonds. The van der Waals surface area contributed by atoms with Crippen LogP contribution in [0.5, 0.6) is 0 Å². The Morgan fingerprint density at radius 3 is 2.17 bits per heavy atom. The summed E-state index contributed by atoms with van der Waals surface area (Å²) in [4.78, 5) is 57.4. The first-order valence-electron chi connectivity index (χ1n) is 22.7. The molecule has 328 valence electrons. The Kier molecular flexibility index (Phi) is 12.6. The number of carboxylic acid groups (broad SMARTS) is 1. The standard InChI is InChI=1S/C50H76N2O7/c1-32(2)42-36(54)28-50(40(58-33(3)53)31-52(27-26-51(11)12)30-34-16-14-13-15-17-34)25-24-48(9)35(43(42)50)18-19-38-47(8)22-21-39(59-41(55)29-45(4,5)44(56)57)46(6,7)37(47)20-23-49(38,48)10/h13-17,32,35,37-40H,18-31H2,1-12H3,(H,56,57)/t35-,37?,38?,39+,40-,47+,48-,49-,50+/m1/s1. The lowest BCUT2D eigenvalue weighted by molar-refractivity contribution is -0.235. The van der Waals surface area contributed by atoms with Crippen LogP contribution in [0.25, 0.3) is 0 Å². The second kappa shape index (κ2) is 16.3. The molecule has 0 aliphatic heterocycles. The lowest BCUT2D eigenvalue weighted by atomic mass is 9.33. The second-order valence-electron chi connectivity index (χ2n) is 22.2. The summed E-state index contributed by atoms with van der Waals surface area (Å²) in [5.41, 5.74) is 1.54. The highest BCUT2D eigenvalue weighted by molar-refractivity contribution is 6.01. The zero-order valence-electron chi connectivity index (χ0n) is 38.5. The van der Waals surface area contributed by atoms with Gasteiger partial charge in [-0.1, -0.05) is 78.8 Å². The Hall–Kier alpha value is -3.04. The molecule has 5 aliphatic rings. The van der Waals surface area contributed by atoms with Crippen LogP contribution in [0.15, 0.2) is 41.5 Å². The Morgan fingerprint density at radius 1 is 0.881 bits per heavy atom. The topological polar surface area (TPSA) is 113 Å². The summed E-state index contributed by atoms with van der Waals surface area (Å²) < 4.78 is 12.7. The van der Waals surface area contributed by atoms with Gasteiger partial charge in [-0.25, -0.2) is 0 Å². The van der Waals surface area contributed by atoms with Gasteiger partial charge >= 0.3 is 17.9 Å². The summed E-state index contributed by atoms with van der Waals surface area (Å²) >= 11 is 0. The molecule has 9 atom stereocenters. The predicted octanol–water partition coefficient (Wildman–Crippen LogP) is 9.38. The minimum Gasteiger partial charge on any atom is -0.481 e. The molecule has 1 N–H and O–H groups in total. The highest BCUT2D eigenvalue weighted by Crippen LogP contribution is 2.77. The SMILES string of the molecule is CC(=O)O[C@H](CN(CCN(C)C)Cc1ccccc1)[C@@]12CC[C@]3(C)[C@H](CCC4[C@@]5(C)CC[C@H](OC(=O)CC(C)(C)C(=O)O)C(C)(C)C5CC[C@]43C)C1=C(C(C)C)C(=O)C2. The molecule has 2 unspecified atom stereocenters. The van der Waals surface area contributed by atoms with E-state index in [4.69, 9.17) is 9.47 Å². The molecule has 9 nitrogen and oxygen atoms in total. The fraction of sp³-hybridized carbons (Fsp3) is 0.760.